The number of aromatic nitrogens is 2. The number of aryl methyl sites for hydroxylation is 3. The highest BCUT2D eigenvalue weighted by atomic mass is 32.2. The Morgan fingerprint density at radius 1 is 0.957 bits per heavy atom. The van der Waals surface area contributed by atoms with Gasteiger partial charge in [0, 0.05) is 16.8 Å². The van der Waals surface area contributed by atoms with Gasteiger partial charge in [0.2, 0.25) is 0 Å². The molecule has 0 amide bonds. The van der Waals surface area contributed by atoms with Crippen molar-refractivity contribution in [2.75, 3.05) is 0 Å². The molecular formula is C18H22N2O2S. The summed E-state index contributed by atoms with van der Waals surface area (Å²) in [5.41, 5.74) is 3.03. The highest BCUT2D eigenvalue weighted by Crippen LogP contribution is 2.25. The van der Waals surface area contributed by atoms with E-state index < -0.39 is 10.0 Å². The lowest BCUT2D eigenvalue weighted by molar-refractivity contribution is 0.587. The van der Waals surface area contributed by atoms with Crippen LogP contribution in [-0.4, -0.2) is 17.4 Å². The summed E-state index contributed by atoms with van der Waals surface area (Å²) in [5.74, 6) is 0. The second kappa shape index (κ2) is 6.54. The average molecular weight is 330 g/mol. The summed E-state index contributed by atoms with van der Waals surface area (Å²) in [6.07, 6.45) is 0. The predicted molar refractivity (Wildman–Crippen MR) is 94.3 cm³/mol. The van der Waals surface area contributed by atoms with Gasteiger partial charge in [-0.3, -0.25) is 0 Å². The Balaban J connectivity index is 0.000000924. The zero-order valence-electron chi connectivity index (χ0n) is 14.2. The van der Waals surface area contributed by atoms with Crippen molar-refractivity contribution in [2.45, 2.75) is 39.5 Å². The molecule has 0 spiro atoms. The Bertz CT molecular complexity index is 927. The fourth-order valence-electron chi connectivity index (χ4n) is 2.43. The first-order chi connectivity index (χ1) is 10.9. The summed E-state index contributed by atoms with van der Waals surface area (Å²) < 4.78 is 27.0. The fourth-order valence-corrected chi connectivity index (χ4v) is 3.95. The third kappa shape index (κ3) is 3.01. The van der Waals surface area contributed by atoms with Gasteiger partial charge < -0.3 is 0 Å². The van der Waals surface area contributed by atoms with Crippen molar-refractivity contribution in [1.82, 2.24) is 8.96 Å². The molecule has 2 heterocycles. The van der Waals surface area contributed by atoms with Crippen LogP contribution in [0.15, 0.2) is 47.4 Å². The molecule has 0 aliphatic heterocycles. The Kier molecular flexibility index (Phi) is 4.90. The Labute approximate surface area is 137 Å². The summed E-state index contributed by atoms with van der Waals surface area (Å²) in [4.78, 5) is 4.74. The minimum absolute atomic E-state index is 0.269. The summed E-state index contributed by atoms with van der Waals surface area (Å²) in [6, 6.07) is 12.3. The van der Waals surface area contributed by atoms with E-state index in [9.17, 15) is 8.42 Å². The molecule has 0 bridgehead atoms. The number of fused-ring (bicyclic) bond motifs is 1. The van der Waals surface area contributed by atoms with Crippen LogP contribution in [0, 0.1) is 20.8 Å². The maximum atomic E-state index is 12.8. The van der Waals surface area contributed by atoms with Crippen LogP contribution in [0.3, 0.4) is 0 Å². The predicted octanol–water partition coefficient (Wildman–Crippen LogP) is 4.22. The molecule has 3 rings (SSSR count). The number of rotatable bonds is 2. The van der Waals surface area contributed by atoms with Crippen LogP contribution in [0.25, 0.3) is 11.0 Å². The largest absolute Gasteiger partial charge is 0.269 e. The van der Waals surface area contributed by atoms with Crippen molar-refractivity contribution < 1.29 is 8.42 Å². The molecule has 0 saturated heterocycles. The van der Waals surface area contributed by atoms with Gasteiger partial charge in [-0.05, 0) is 50.6 Å². The standard InChI is InChI=1S/C16H16N2O2S.C2H6/c1-11-9-14-10-12(2)18(16(14)17-13(11)3)21(19,20)15-7-5-4-6-8-15;1-2/h4-10H,1-3H3;1-2H3. The highest BCUT2D eigenvalue weighted by molar-refractivity contribution is 7.90. The summed E-state index contributed by atoms with van der Waals surface area (Å²) >= 11 is 0. The van der Waals surface area contributed by atoms with E-state index in [1.807, 2.05) is 39.8 Å². The van der Waals surface area contributed by atoms with E-state index in [0.29, 0.717) is 11.3 Å². The summed E-state index contributed by atoms with van der Waals surface area (Å²) in [5, 5.41) is 0.843. The lowest BCUT2D eigenvalue weighted by Gasteiger charge is -2.10. The van der Waals surface area contributed by atoms with Crippen LogP contribution in [-0.2, 0) is 10.0 Å². The molecule has 0 fully saturated rings. The van der Waals surface area contributed by atoms with Gasteiger partial charge in [0.1, 0.15) is 0 Å². The van der Waals surface area contributed by atoms with Gasteiger partial charge in [-0.25, -0.2) is 17.4 Å². The molecule has 3 aromatic rings. The van der Waals surface area contributed by atoms with Gasteiger partial charge in [0.25, 0.3) is 10.0 Å². The number of pyridine rings is 1. The van der Waals surface area contributed by atoms with Crippen LogP contribution < -0.4 is 0 Å². The SMILES string of the molecule is CC.Cc1cc2cc(C)n(S(=O)(=O)c3ccccc3)c2nc1C. The van der Waals surface area contributed by atoms with Gasteiger partial charge in [0.05, 0.1) is 4.90 Å². The number of hydrogen-bond donors (Lipinski definition) is 0. The van der Waals surface area contributed by atoms with E-state index in [-0.39, 0.29) is 4.90 Å². The number of benzene rings is 1. The van der Waals surface area contributed by atoms with Gasteiger partial charge in [0.15, 0.2) is 5.65 Å². The van der Waals surface area contributed by atoms with Crippen molar-refractivity contribution in [3.05, 3.63) is 59.4 Å². The molecule has 4 nitrogen and oxygen atoms in total. The lowest BCUT2D eigenvalue weighted by Crippen LogP contribution is -2.15. The Hall–Kier alpha value is -2.14. The molecule has 2 aromatic heterocycles. The quantitative estimate of drug-likeness (QED) is 0.707. The topological polar surface area (TPSA) is 52.0 Å². The molecule has 0 unspecified atom stereocenters. The maximum absolute atomic E-state index is 12.8. The number of nitrogens with zero attached hydrogens (tertiary/aromatic N) is 2. The van der Waals surface area contributed by atoms with E-state index in [1.54, 1.807) is 37.3 Å². The molecule has 122 valence electrons. The first kappa shape index (κ1) is 17.2. The average Bonchev–Trinajstić information content (AvgIpc) is 2.86. The Morgan fingerprint density at radius 2 is 1.57 bits per heavy atom. The van der Waals surface area contributed by atoms with E-state index in [0.717, 1.165) is 16.6 Å². The second-order valence-corrected chi connectivity index (χ2v) is 6.96. The van der Waals surface area contributed by atoms with E-state index in [4.69, 9.17) is 0 Å². The zero-order valence-corrected chi connectivity index (χ0v) is 15.0. The van der Waals surface area contributed by atoms with Gasteiger partial charge in [-0.2, -0.15) is 0 Å². The third-order valence-corrected chi connectivity index (χ3v) is 5.44. The van der Waals surface area contributed by atoms with Crippen molar-refractivity contribution in [2.24, 2.45) is 0 Å². The first-order valence-corrected chi connectivity index (χ1v) is 9.12. The first-order valence-electron chi connectivity index (χ1n) is 7.68. The minimum atomic E-state index is -3.63. The minimum Gasteiger partial charge on any atom is -0.234 e. The molecule has 1 aromatic carbocycles. The monoisotopic (exact) mass is 330 g/mol. The third-order valence-electron chi connectivity index (χ3n) is 3.63. The molecule has 0 aliphatic carbocycles. The molecule has 0 aliphatic rings. The van der Waals surface area contributed by atoms with Crippen molar-refractivity contribution in [3.63, 3.8) is 0 Å². The normalized spacial score (nSPS) is 11.2. The smallest absolute Gasteiger partial charge is 0.234 e. The molecule has 0 N–H and O–H groups in total. The summed E-state index contributed by atoms with van der Waals surface area (Å²) in [7, 11) is -3.63. The van der Waals surface area contributed by atoms with E-state index >= 15 is 0 Å². The van der Waals surface area contributed by atoms with Crippen molar-refractivity contribution >= 4 is 21.1 Å². The fraction of sp³-hybridized carbons (Fsp3) is 0.278. The van der Waals surface area contributed by atoms with E-state index in [1.165, 1.54) is 3.97 Å². The Morgan fingerprint density at radius 3 is 2.17 bits per heavy atom. The van der Waals surface area contributed by atoms with Gasteiger partial charge >= 0.3 is 0 Å². The zero-order chi connectivity index (χ0) is 17.2. The van der Waals surface area contributed by atoms with Crippen LogP contribution in [0.4, 0.5) is 0 Å². The summed E-state index contributed by atoms with van der Waals surface area (Å²) in [6.45, 7) is 9.64. The van der Waals surface area contributed by atoms with E-state index in [2.05, 4.69) is 4.98 Å². The number of hydrogen-bond acceptors (Lipinski definition) is 3. The molecule has 23 heavy (non-hydrogen) atoms. The molecule has 5 heteroatoms. The van der Waals surface area contributed by atoms with Gasteiger partial charge in [-0.15, -0.1) is 0 Å². The lowest BCUT2D eigenvalue weighted by atomic mass is 10.2. The second-order valence-electron chi connectivity index (χ2n) is 5.17. The maximum Gasteiger partial charge on any atom is 0.269 e. The van der Waals surface area contributed by atoms with Crippen LogP contribution in [0.1, 0.15) is 30.8 Å². The van der Waals surface area contributed by atoms with Gasteiger partial charge in [-0.1, -0.05) is 32.0 Å². The van der Waals surface area contributed by atoms with Crippen molar-refractivity contribution in [3.8, 4) is 0 Å². The molecule has 0 atom stereocenters. The van der Waals surface area contributed by atoms with Crippen LogP contribution >= 0.6 is 0 Å². The van der Waals surface area contributed by atoms with Crippen LogP contribution in [0.2, 0.25) is 0 Å². The van der Waals surface area contributed by atoms with Crippen molar-refractivity contribution in [1.29, 1.82) is 0 Å². The molecule has 0 radical (unpaired) electrons. The highest BCUT2D eigenvalue weighted by Gasteiger charge is 2.22. The molecule has 0 saturated carbocycles. The molecular weight excluding hydrogens is 308 g/mol. The van der Waals surface area contributed by atoms with Crippen LogP contribution in [0.5, 0.6) is 0 Å².